The Balaban J connectivity index is 1.76. The van der Waals surface area contributed by atoms with Crippen LogP contribution < -0.4 is 20.3 Å². The number of amides is 3. The molecule has 2 N–H and O–H groups in total. The highest BCUT2D eigenvalue weighted by Gasteiger charge is 2.21. The number of hydrogen-bond donors (Lipinski definition) is 2. The summed E-state index contributed by atoms with van der Waals surface area (Å²) in [7, 11) is 2.91. The second kappa shape index (κ2) is 9.57. The van der Waals surface area contributed by atoms with E-state index in [-0.39, 0.29) is 11.4 Å². The number of imidazole rings is 1. The van der Waals surface area contributed by atoms with Crippen LogP contribution in [0.3, 0.4) is 0 Å². The van der Waals surface area contributed by atoms with E-state index in [2.05, 4.69) is 20.6 Å². The molecule has 0 spiro atoms. The molecule has 0 aliphatic carbocycles. The van der Waals surface area contributed by atoms with E-state index in [4.69, 9.17) is 4.74 Å². The van der Waals surface area contributed by atoms with Crippen molar-refractivity contribution in [1.82, 2.24) is 19.7 Å². The molecule has 4 aromatic rings. The van der Waals surface area contributed by atoms with Gasteiger partial charge in [-0.1, -0.05) is 30.3 Å². The van der Waals surface area contributed by atoms with Crippen LogP contribution in [0.2, 0.25) is 0 Å². The normalized spacial score (nSPS) is 10.7. The van der Waals surface area contributed by atoms with Crippen LogP contribution in [-0.4, -0.2) is 47.0 Å². The molecule has 0 aliphatic heterocycles. The summed E-state index contributed by atoms with van der Waals surface area (Å²) >= 11 is 0. The van der Waals surface area contributed by atoms with Crippen LogP contribution in [0.15, 0.2) is 60.9 Å². The maximum absolute atomic E-state index is 13.8. The number of carbonyl (C=O) groups is 2. The highest BCUT2D eigenvalue weighted by Crippen LogP contribution is 2.29. The van der Waals surface area contributed by atoms with Gasteiger partial charge >= 0.3 is 6.03 Å². The molecule has 0 aliphatic rings. The largest absolute Gasteiger partial charge is 0.494 e. The van der Waals surface area contributed by atoms with Crippen LogP contribution >= 0.6 is 0 Å². The Hall–Kier alpha value is -4.47. The number of hydrogen-bond acceptors (Lipinski definition) is 5. The Bertz CT molecular complexity index is 1360. The number of urea groups is 1. The van der Waals surface area contributed by atoms with Crippen molar-refractivity contribution in [3.63, 3.8) is 0 Å². The first-order valence-electron chi connectivity index (χ1n) is 10.5. The molecule has 0 saturated carbocycles. The van der Waals surface area contributed by atoms with Gasteiger partial charge in [0.2, 0.25) is 0 Å². The van der Waals surface area contributed by atoms with Crippen molar-refractivity contribution in [2.75, 3.05) is 30.9 Å². The Kier molecular flexibility index (Phi) is 6.39. The van der Waals surface area contributed by atoms with Gasteiger partial charge in [-0.15, -0.1) is 0 Å². The average Bonchev–Trinajstić information content (AvgIpc) is 3.21. The average molecular weight is 462 g/mol. The number of benzene rings is 2. The Morgan fingerprint density at radius 3 is 2.65 bits per heavy atom. The topological polar surface area (TPSA) is 101 Å². The maximum atomic E-state index is 13.8. The molecule has 0 bridgehead atoms. The summed E-state index contributed by atoms with van der Waals surface area (Å²) in [5.74, 6) is -0.542. The zero-order chi connectivity index (χ0) is 24.2. The van der Waals surface area contributed by atoms with E-state index in [0.717, 1.165) is 5.56 Å². The minimum Gasteiger partial charge on any atom is -0.494 e. The van der Waals surface area contributed by atoms with E-state index in [1.54, 1.807) is 11.4 Å². The van der Waals surface area contributed by atoms with Gasteiger partial charge in [0.25, 0.3) is 5.91 Å². The lowest BCUT2D eigenvalue weighted by atomic mass is 10.1. The molecule has 174 valence electrons. The third-order valence-corrected chi connectivity index (χ3v) is 5.17. The number of aromatic nitrogens is 3. The van der Waals surface area contributed by atoms with Crippen molar-refractivity contribution in [3.05, 3.63) is 72.4 Å². The molecule has 9 nitrogen and oxygen atoms in total. The third kappa shape index (κ3) is 4.38. The number of anilines is 2. The fourth-order valence-electron chi connectivity index (χ4n) is 3.44. The predicted octanol–water partition coefficient (Wildman–Crippen LogP) is 3.96. The van der Waals surface area contributed by atoms with Gasteiger partial charge < -0.3 is 15.0 Å². The number of carbonyl (C=O) groups excluding carboxylic acids is 2. The quantitative estimate of drug-likeness (QED) is 0.452. The van der Waals surface area contributed by atoms with Crippen LogP contribution in [0.5, 0.6) is 5.75 Å². The molecule has 3 amide bonds. The summed E-state index contributed by atoms with van der Waals surface area (Å²) in [5, 5.41) is 5.52. The maximum Gasteiger partial charge on any atom is 0.320 e. The van der Waals surface area contributed by atoms with Crippen molar-refractivity contribution in [1.29, 1.82) is 0 Å². The lowest BCUT2D eigenvalue weighted by Gasteiger charge is -2.18. The Morgan fingerprint density at radius 1 is 1.18 bits per heavy atom. The number of methoxy groups -OCH3 is 1. The van der Waals surface area contributed by atoms with Gasteiger partial charge in [-0.25, -0.2) is 19.2 Å². The molecule has 10 heteroatoms. The zero-order valence-corrected chi connectivity index (χ0v) is 18.9. The molecule has 0 saturated heterocycles. The van der Waals surface area contributed by atoms with E-state index < -0.39 is 17.8 Å². The first-order chi connectivity index (χ1) is 16.4. The number of halogens is 1. The van der Waals surface area contributed by atoms with Gasteiger partial charge in [0.1, 0.15) is 17.2 Å². The first-order valence-corrected chi connectivity index (χ1v) is 10.5. The minimum absolute atomic E-state index is 0.0242. The minimum atomic E-state index is -0.528. The first kappa shape index (κ1) is 22.7. The summed E-state index contributed by atoms with van der Waals surface area (Å²) in [4.78, 5) is 35.7. The van der Waals surface area contributed by atoms with Gasteiger partial charge in [-0.05, 0) is 19.1 Å². The summed E-state index contributed by atoms with van der Waals surface area (Å²) in [6.45, 7) is 2.26. The van der Waals surface area contributed by atoms with E-state index in [9.17, 15) is 14.0 Å². The highest BCUT2D eigenvalue weighted by atomic mass is 19.1. The Labute approximate surface area is 195 Å². The van der Waals surface area contributed by atoms with Gasteiger partial charge in [-0.3, -0.25) is 14.5 Å². The lowest BCUT2D eigenvalue weighted by molar-refractivity contribution is 0.0987. The number of nitrogens with zero attached hydrogens (tertiary/aromatic N) is 4. The highest BCUT2D eigenvalue weighted by molar-refractivity contribution is 6.04. The van der Waals surface area contributed by atoms with Crippen LogP contribution in [-0.2, 0) is 0 Å². The Morgan fingerprint density at radius 2 is 1.94 bits per heavy atom. The second-order valence-corrected chi connectivity index (χ2v) is 7.34. The molecule has 2 aromatic carbocycles. The second-order valence-electron chi connectivity index (χ2n) is 7.34. The number of rotatable bonds is 6. The van der Waals surface area contributed by atoms with Crippen LogP contribution in [0.4, 0.5) is 20.7 Å². The van der Waals surface area contributed by atoms with Crippen molar-refractivity contribution in [2.45, 2.75) is 6.92 Å². The van der Waals surface area contributed by atoms with Gasteiger partial charge in [0.15, 0.2) is 17.2 Å². The van der Waals surface area contributed by atoms with Crippen molar-refractivity contribution in [2.24, 2.45) is 0 Å². The number of fused-ring (bicyclic) bond motifs is 1. The SMILES string of the molecule is CCNC(=O)Nc1c(-c2ccccc2)nc2cnc(C(=O)N(C)c3ccc(F)c(OC)c3)cn12. The molecule has 2 aromatic heterocycles. The standard InChI is InChI=1S/C24H23FN6O3/c1-4-26-24(33)29-22-21(15-8-6-5-7-9-15)28-20-13-27-18(14-31(20)22)23(32)30(2)16-10-11-17(25)19(12-16)34-3/h5-14H,4H2,1-3H3,(H2,26,29,33). The van der Waals surface area contributed by atoms with Gasteiger partial charge in [0.05, 0.1) is 13.3 Å². The molecule has 34 heavy (non-hydrogen) atoms. The van der Waals surface area contributed by atoms with E-state index >= 15 is 0 Å². The van der Waals surface area contributed by atoms with E-state index in [0.29, 0.717) is 29.4 Å². The van der Waals surface area contributed by atoms with Gasteiger partial charge in [-0.2, -0.15) is 0 Å². The third-order valence-electron chi connectivity index (χ3n) is 5.17. The van der Waals surface area contributed by atoms with E-state index in [1.807, 2.05) is 37.3 Å². The molecular formula is C24H23FN6O3. The van der Waals surface area contributed by atoms with Crippen molar-refractivity contribution < 1.29 is 18.7 Å². The van der Waals surface area contributed by atoms with Gasteiger partial charge in [0, 0.05) is 37.1 Å². The molecule has 0 atom stereocenters. The lowest BCUT2D eigenvalue weighted by Crippen LogP contribution is -2.29. The number of ether oxygens (including phenoxy) is 1. The van der Waals surface area contributed by atoms with Crippen molar-refractivity contribution in [3.8, 4) is 17.0 Å². The fourth-order valence-corrected chi connectivity index (χ4v) is 3.44. The molecule has 0 radical (unpaired) electrons. The monoisotopic (exact) mass is 462 g/mol. The summed E-state index contributed by atoms with van der Waals surface area (Å²) in [6, 6.07) is 13.1. The molecular weight excluding hydrogens is 439 g/mol. The molecule has 4 rings (SSSR count). The van der Waals surface area contributed by atoms with Crippen molar-refractivity contribution >= 4 is 29.1 Å². The molecule has 0 fully saturated rings. The molecule has 0 unspecified atom stereocenters. The smallest absolute Gasteiger partial charge is 0.320 e. The molecule has 2 heterocycles. The van der Waals surface area contributed by atoms with Crippen LogP contribution in [0.25, 0.3) is 16.9 Å². The zero-order valence-electron chi connectivity index (χ0n) is 18.9. The van der Waals surface area contributed by atoms with Crippen LogP contribution in [0, 0.1) is 5.82 Å². The van der Waals surface area contributed by atoms with E-state index in [1.165, 1.54) is 42.6 Å². The predicted molar refractivity (Wildman–Crippen MR) is 127 cm³/mol. The number of nitrogens with one attached hydrogen (secondary N) is 2. The van der Waals surface area contributed by atoms with Crippen LogP contribution in [0.1, 0.15) is 17.4 Å². The summed E-state index contributed by atoms with van der Waals surface area (Å²) in [5.41, 5.74) is 2.32. The fraction of sp³-hybridized carbons (Fsp3) is 0.167. The summed E-state index contributed by atoms with van der Waals surface area (Å²) < 4.78 is 20.4. The summed E-state index contributed by atoms with van der Waals surface area (Å²) in [6.07, 6.45) is 2.97.